The molecule has 0 aliphatic rings. The molecule has 0 heterocycles. The lowest BCUT2D eigenvalue weighted by Crippen LogP contribution is -2.36. The number of fused-ring (bicyclic) bond motifs is 1. The zero-order chi connectivity index (χ0) is 26.4. The maximum absolute atomic E-state index is 13.1. The molecule has 4 aromatic rings. The van der Waals surface area contributed by atoms with Crippen molar-refractivity contribution in [1.82, 2.24) is 5.32 Å². The molecule has 9 heteroatoms. The van der Waals surface area contributed by atoms with Gasteiger partial charge in [-0.1, -0.05) is 83.9 Å². The number of rotatable bonds is 7. The van der Waals surface area contributed by atoms with Crippen LogP contribution in [0.3, 0.4) is 0 Å². The first kappa shape index (κ1) is 26.2. The second-order valence-corrected chi connectivity index (χ2v) is 9.03. The predicted molar refractivity (Wildman–Crippen MR) is 146 cm³/mol. The first-order valence-electron chi connectivity index (χ1n) is 11.4. The number of para-hydroxylation sites is 1. The van der Waals surface area contributed by atoms with Crippen LogP contribution in [0.4, 0.5) is 16.2 Å². The van der Waals surface area contributed by atoms with Crippen molar-refractivity contribution >= 4 is 63.3 Å². The topological polar surface area (TPSA) is 96.5 Å². The minimum Gasteiger partial charge on any atom is -0.388 e. The van der Waals surface area contributed by atoms with E-state index >= 15 is 0 Å². The minimum atomic E-state index is -0.893. The number of halogens is 2. The molecule has 37 heavy (non-hydrogen) atoms. The number of hydrogen-bond acceptors (Lipinski definition) is 5. The lowest BCUT2D eigenvalue weighted by Gasteiger charge is -2.16. The molecule has 0 bridgehead atoms. The molecule has 0 spiro atoms. The molecule has 0 unspecified atom stereocenters. The second-order valence-electron chi connectivity index (χ2n) is 8.22. The summed E-state index contributed by atoms with van der Waals surface area (Å²) in [6, 6.07) is 23.4. The van der Waals surface area contributed by atoms with Crippen LogP contribution in [0, 0.1) is 0 Å². The van der Waals surface area contributed by atoms with Gasteiger partial charge in [0.15, 0.2) is 0 Å². The standard InChI is InChI=1S/C28H23Cl2N3O4/c1-17(31-16-18-8-3-2-4-9-18)26(34)37-27(35)21-14-19-10-5-6-11-20(19)15-24(21)32-28(36)33-25-22(29)12-7-13-23(25)30/h2-15,17,31H,16H2,1H3,(H2,32,33,36)/t17-/m0/s1. The number of amides is 2. The molecule has 0 saturated carbocycles. The molecule has 1 atom stereocenters. The van der Waals surface area contributed by atoms with E-state index in [1.54, 1.807) is 37.3 Å². The quantitative estimate of drug-likeness (QED) is 0.182. The number of carbonyl (C=O) groups excluding carboxylic acids is 3. The zero-order valence-corrected chi connectivity index (χ0v) is 21.3. The highest BCUT2D eigenvalue weighted by atomic mass is 35.5. The Bertz CT molecular complexity index is 1440. The Kier molecular flexibility index (Phi) is 8.40. The van der Waals surface area contributed by atoms with E-state index in [1.165, 1.54) is 0 Å². The van der Waals surface area contributed by atoms with E-state index in [0.717, 1.165) is 16.3 Å². The third-order valence-electron chi connectivity index (χ3n) is 5.56. The van der Waals surface area contributed by atoms with Gasteiger partial charge < -0.3 is 20.7 Å². The molecule has 0 aromatic heterocycles. The second kappa shape index (κ2) is 11.9. The van der Waals surface area contributed by atoms with E-state index in [0.29, 0.717) is 6.54 Å². The maximum Gasteiger partial charge on any atom is 0.347 e. The SMILES string of the molecule is C[C@H](NCc1ccccc1)C(=O)OC(=O)c1cc2ccccc2cc1NC(=O)Nc1c(Cl)cccc1Cl. The van der Waals surface area contributed by atoms with Crippen LogP contribution in [0.2, 0.25) is 10.0 Å². The molecule has 0 aliphatic carbocycles. The number of anilines is 2. The summed E-state index contributed by atoms with van der Waals surface area (Å²) < 4.78 is 5.16. The third kappa shape index (κ3) is 6.65. The van der Waals surface area contributed by atoms with Gasteiger partial charge in [0.1, 0.15) is 6.04 Å². The van der Waals surface area contributed by atoms with Crippen LogP contribution in [0.5, 0.6) is 0 Å². The van der Waals surface area contributed by atoms with Crippen LogP contribution in [0.15, 0.2) is 84.9 Å². The van der Waals surface area contributed by atoms with Gasteiger partial charge in [0.2, 0.25) is 0 Å². The number of hydrogen-bond donors (Lipinski definition) is 3. The van der Waals surface area contributed by atoms with Crippen LogP contribution in [-0.4, -0.2) is 24.0 Å². The largest absolute Gasteiger partial charge is 0.388 e. The fourth-order valence-electron chi connectivity index (χ4n) is 3.58. The molecule has 0 radical (unpaired) electrons. The summed E-state index contributed by atoms with van der Waals surface area (Å²) in [6.07, 6.45) is 0. The van der Waals surface area contributed by atoms with Crippen molar-refractivity contribution < 1.29 is 19.1 Å². The first-order chi connectivity index (χ1) is 17.8. The van der Waals surface area contributed by atoms with Crippen molar-refractivity contribution in [2.45, 2.75) is 19.5 Å². The molecule has 4 rings (SSSR count). The molecule has 188 valence electrons. The molecule has 0 saturated heterocycles. The number of benzene rings is 4. The summed E-state index contributed by atoms with van der Waals surface area (Å²) in [5.41, 5.74) is 1.38. The van der Waals surface area contributed by atoms with E-state index in [4.69, 9.17) is 27.9 Å². The van der Waals surface area contributed by atoms with Gasteiger partial charge in [-0.05, 0) is 47.5 Å². The minimum absolute atomic E-state index is 0.0164. The third-order valence-corrected chi connectivity index (χ3v) is 6.19. The van der Waals surface area contributed by atoms with Gasteiger partial charge in [-0.25, -0.2) is 14.4 Å². The lowest BCUT2D eigenvalue weighted by molar-refractivity contribution is -0.139. The summed E-state index contributed by atoms with van der Waals surface area (Å²) >= 11 is 12.3. The smallest absolute Gasteiger partial charge is 0.347 e. The zero-order valence-electron chi connectivity index (χ0n) is 19.8. The normalized spacial score (nSPS) is 11.5. The Hall–Kier alpha value is -3.91. The van der Waals surface area contributed by atoms with E-state index in [9.17, 15) is 14.4 Å². The van der Waals surface area contributed by atoms with Crippen molar-refractivity contribution in [3.8, 4) is 0 Å². The van der Waals surface area contributed by atoms with Crippen molar-refractivity contribution in [1.29, 1.82) is 0 Å². The Morgan fingerprint density at radius 2 is 1.43 bits per heavy atom. The van der Waals surface area contributed by atoms with E-state index in [-0.39, 0.29) is 27.0 Å². The van der Waals surface area contributed by atoms with Crippen LogP contribution in [0.25, 0.3) is 10.8 Å². The summed E-state index contributed by atoms with van der Waals surface area (Å²) in [4.78, 5) is 38.5. The Morgan fingerprint density at radius 1 is 0.811 bits per heavy atom. The number of carbonyl (C=O) groups is 3. The molecular formula is C28H23Cl2N3O4. The number of nitrogens with one attached hydrogen (secondary N) is 3. The molecule has 3 N–H and O–H groups in total. The Morgan fingerprint density at radius 3 is 2.11 bits per heavy atom. The molecule has 7 nitrogen and oxygen atoms in total. The van der Waals surface area contributed by atoms with Crippen molar-refractivity contribution in [3.63, 3.8) is 0 Å². The van der Waals surface area contributed by atoms with Crippen molar-refractivity contribution in [2.75, 3.05) is 10.6 Å². The van der Waals surface area contributed by atoms with Gasteiger partial charge in [-0.2, -0.15) is 0 Å². The van der Waals surface area contributed by atoms with E-state index in [2.05, 4.69) is 16.0 Å². The number of ether oxygens (including phenoxy) is 1. The highest BCUT2D eigenvalue weighted by molar-refractivity contribution is 6.39. The first-order valence-corrected chi connectivity index (χ1v) is 12.2. The summed E-state index contributed by atoms with van der Waals surface area (Å²) in [6.45, 7) is 2.04. The van der Waals surface area contributed by atoms with Gasteiger partial charge in [0.25, 0.3) is 0 Å². The van der Waals surface area contributed by atoms with Gasteiger partial charge in [0.05, 0.1) is 27.0 Å². The van der Waals surface area contributed by atoms with Crippen LogP contribution < -0.4 is 16.0 Å². The lowest BCUT2D eigenvalue weighted by atomic mass is 10.0. The number of urea groups is 1. The fourth-order valence-corrected chi connectivity index (χ4v) is 4.07. The van der Waals surface area contributed by atoms with Crippen LogP contribution in [0.1, 0.15) is 22.8 Å². The van der Waals surface area contributed by atoms with Gasteiger partial charge in [-0.3, -0.25) is 0 Å². The molecule has 0 fully saturated rings. The average molecular weight is 536 g/mol. The van der Waals surface area contributed by atoms with Crippen molar-refractivity contribution in [3.05, 3.63) is 106 Å². The highest BCUT2D eigenvalue weighted by Crippen LogP contribution is 2.30. The fraction of sp³-hybridized carbons (Fsp3) is 0.107. The molecular weight excluding hydrogens is 513 g/mol. The van der Waals surface area contributed by atoms with E-state index < -0.39 is 24.0 Å². The summed E-state index contributed by atoms with van der Waals surface area (Å²) in [5, 5.41) is 10.3. The predicted octanol–water partition coefficient (Wildman–Crippen LogP) is 6.65. The molecule has 4 aromatic carbocycles. The Balaban J connectivity index is 1.52. The van der Waals surface area contributed by atoms with Crippen LogP contribution >= 0.6 is 23.2 Å². The van der Waals surface area contributed by atoms with Gasteiger partial charge in [-0.15, -0.1) is 0 Å². The van der Waals surface area contributed by atoms with Crippen molar-refractivity contribution in [2.24, 2.45) is 0 Å². The Labute approximate surface area is 223 Å². The van der Waals surface area contributed by atoms with E-state index in [1.807, 2.05) is 54.6 Å². The highest BCUT2D eigenvalue weighted by Gasteiger charge is 2.23. The number of esters is 2. The molecule has 2 amide bonds. The summed E-state index contributed by atoms with van der Waals surface area (Å²) in [5.74, 6) is -1.64. The van der Waals surface area contributed by atoms with Crippen LogP contribution in [-0.2, 0) is 16.1 Å². The average Bonchev–Trinajstić information content (AvgIpc) is 2.89. The molecule has 0 aliphatic heterocycles. The maximum atomic E-state index is 13.1. The monoisotopic (exact) mass is 535 g/mol. The van der Waals surface area contributed by atoms with Gasteiger partial charge >= 0.3 is 18.0 Å². The van der Waals surface area contributed by atoms with Gasteiger partial charge in [0, 0.05) is 6.54 Å². The summed E-state index contributed by atoms with van der Waals surface area (Å²) in [7, 11) is 0.